The van der Waals surface area contributed by atoms with Crippen LogP contribution in [-0.2, 0) is 6.42 Å². The van der Waals surface area contributed by atoms with Gasteiger partial charge in [-0.2, -0.15) is 0 Å². The lowest BCUT2D eigenvalue weighted by Gasteiger charge is -2.45. The fourth-order valence-corrected chi connectivity index (χ4v) is 4.16. The van der Waals surface area contributed by atoms with Crippen molar-refractivity contribution in [3.8, 4) is 0 Å². The van der Waals surface area contributed by atoms with Gasteiger partial charge in [0.2, 0.25) is 0 Å². The van der Waals surface area contributed by atoms with Crippen LogP contribution in [0.1, 0.15) is 50.2 Å². The summed E-state index contributed by atoms with van der Waals surface area (Å²) in [5.41, 5.74) is 7.95. The van der Waals surface area contributed by atoms with Gasteiger partial charge in [-0.15, -0.1) is 11.3 Å². The molecule has 1 aromatic heterocycles. The van der Waals surface area contributed by atoms with E-state index in [9.17, 15) is 0 Å². The van der Waals surface area contributed by atoms with E-state index in [0.717, 1.165) is 24.3 Å². The van der Waals surface area contributed by atoms with E-state index in [1.54, 1.807) is 11.3 Å². The number of likely N-dealkylation sites (tertiary alicyclic amines) is 1. The Balaban J connectivity index is 2.13. The average Bonchev–Trinajstić information content (AvgIpc) is 3.04. The van der Waals surface area contributed by atoms with E-state index in [1.807, 2.05) is 0 Å². The fraction of sp³-hybridized carbons (Fsp3) is 0.800. The van der Waals surface area contributed by atoms with E-state index < -0.39 is 0 Å². The number of rotatable bonds is 6. The lowest BCUT2D eigenvalue weighted by molar-refractivity contribution is 0.0765. The molecule has 0 saturated carbocycles. The van der Waals surface area contributed by atoms with Gasteiger partial charge in [-0.3, -0.25) is 4.90 Å². The molecule has 1 aliphatic rings. The van der Waals surface area contributed by atoms with Crippen LogP contribution < -0.4 is 5.73 Å². The van der Waals surface area contributed by atoms with Crippen molar-refractivity contribution in [2.45, 2.75) is 64.5 Å². The number of hydrogen-bond donors (Lipinski definition) is 1. The number of aromatic nitrogens is 1. The first-order chi connectivity index (χ1) is 9.12. The van der Waals surface area contributed by atoms with Crippen molar-refractivity contribution in [2.24, 2.45) is 5.73 Å². The van der Waals surface area contributed by atoms with E-state index in [4.69, 9.17) is 5.73 Å². The van der Waals surface area contributed by atoms with E-state index in [2.05, 4.69) is 36.0 Å². The first-order valence-corrected chi connectivity index (χ1v) is 8.42. The maximum Gasteiger partial charge on any atom is 0.0897 e. The molecule has 1 unspecified atom stereocenters. The van der Waals surface area contributed by atoms with Crippen LogP contribution in [0, 0.1) is 6.92 Å². The van der Waals surface area contributed by atoms with Gasteiger partial charge in [-0.1, -0.05) is 13.8 Å². The molecule has 0 bridgehead atoms. The highest BCUT2D eigenvalue weighted by Gasteiger charge is 2.40. The lowest BCUT2D eigenvalue weighted by Crippen LogP contribution is -2.59. The smallest absolute Gasteiger partial charge is 0.0897 e. The second-order valence-corrected chi connectivity index (χ2v) is 6.74. The van der Waals surface area contributed by atoms with Gasteiger partial charge in [0.15, 0.2) is 0 Å². The van der Waals surface area contributed by atoms with Gasteiger partial charge in [0.25, 0.3) is 0 Å². The summed E-state index contributed by atoms with van der Waals surface area (Å²) in [6, 6.07) is 0.182. The number of nitrogens with zero attached hydrogens (tertiary/aromatic N) is 2. The van der Waals surface area contributed by atoms with Crippen LogP contribution >= 0.6 is 11.3 Å². The third-order valence-corrected chi connectivity index (χ3v) is 5.57. The zero-order valence-corrected chi connectivity index (χ0v) is 13.3. The second kappa shape index (κ2) is 6.33. The molecular weight excluding hydrogens is 254 g/mol. The largest absolute Gasteiger partial charge is 0.326 e. The number of aryl methyl sites for hydroxylation is 1. The normalized spacial score (nSPS) is 18.9. The van der Waals surface area contributed by atoms with E-state index >= 15 is 0 Å². The third-order valence-electron chi connectivity index (χ3n) is 4.75. The van der Waals surface area contributed by atoms with Crippen LogP contribution in [0.25, 0.3) is 0 Å². The van der Waals surface area contributed by atoms with Gasteiger partial charge >= 0.3 is 0 Å². The predicted molar refractivity (Wildman–Crippen MR) is 82.7 cm³/mol. The summed E-state index contributed by atoms with van der Waals surface area (Å²) < 4.78 is 0. The molecule has 0 aliphatic carbocycles. The van der Waals surface area contributed by atoms with Crippen molar-refractivity contribution in [3.63, 3.8) is 0 Å². The monoisotopic (exact) mass is 281 g/mol. The zero-order valence-electron chi connectivity index (χ0n) is 12.5. The molecular formula is C15H27N3S. The summed E-state index contributed by atoms with van der Waals surface area (Å²) in [6.07, 6.45) is 5.82. The quantitative estimate of drug-likeness (QED) is 0.871. The van der Waals surface area contributed by atoms with Crippen molar-refractivity contribution in [1.29, 1.82) is 0 Å². The second-order valence-electron chi connectivity index (χ2n) is 5.67. The van der Waals surface area contributed by atoms with Crippen LogP contribution in [0.5, 0.6) is 0 Å². The minimum Gasteiger partial charge on any atom is -0.326 e. The van der Waals surface area contributed by atoms with Crippen molar-refractivity contribution in [3.05, 3.63) is 16.1 Å². The fourth-order valence-electron chi connectivity index (χ4n) is 3.54. The molecule has 0 aromatic carbocycles. The van der Waals surface area contributed by atoms with E-state index in [1.165, 1.54) is 31.6 Å². The summed E-state index contributed by atoms with van der Waals surface area (Å²) >= 11 is 1.72. The summed E-state index contributed by atoms with van der Waals surface area (Å²) in [4.78, 5) is 7.22. The molecule has 4 heteroatoms. The summed E-state index contributed by atoms with van der Waals surface area (Å²) in [6.45, 7) is 9.06. The molecule has 3 nitrogen and oxygen atoms in total. The summed E-state index contributed by atoms with van der Waals surface area (Å²) in [5.74, 6) is 0. The first kappa shape index (κ1) is 14.9. The third kappa shape index (κ3) is 3.01. The highest BCUT2D eigenvalue weighted by molar-refractivity contribution is 7.09. The maximum absolute atomic E-state index is 6.62. The molecule has 0 amide bonds. The predicted octanol–water partition coefficient (Wildman–Crippen LogP) is 2.98. The SMILES string of the molecule is CCC(CC)(C(N)Cc1csc(C)n1)N1CCCC1. The van der Waals surface area contributed by atoms with Gasteiger partial charge in [-0.25, -0.2) is 4.98 Å². The standard InChI is InChI=1S/C15H27N3S/c1-4-15(5-2,18-8-6-7-9-18)14(16)10-13-11-19-12(3)17-13/h11,14H,4-10,16H2,1-3H3. The Kier molecular flexibility index (Phi) is 4.98. The van der Waals surface area contributed by atoms with Crippen molar-refractivity contribution in [2.75, 3.05) is 13.1 Å². The van der Waals surface area contributed by atoms with Crippen LogP contribution in [-0.4, -0.2) is 34.6 Å². The van der Waals surface area contributed by atoms with Crippen molar-refractivity contribution >= 4 is 11.3 Å². The molecule has 1 aliphatic heterocycles. The zero-order chi connectivity index (χ0) is 13.9. The molecule has 2 heterocycles. The molecule has 1 fully saturated rings. The minimum atomic E-state index is 0.161. The molecule has 0 radical (unpaired) electrons. The highest BCUT2D eigenvalue weighted by Crippen LogP contribution is 2.32. The Morgan fingerprint density at radius 3 is 2.47 bits per heavy atom. The molecule has 2 N–H and O–H groups in total. The number of thiazole rings is 1. The number of hydrogen-bond acceptors (Lipinski definition) is 4. The number of nitrogens with two attached hydrogens (primary N) is 1. The molecule has 19 heavy (non-hydrogen) atoms. The first-order valence-electron chi connectivity index (χ1n) is 7.54. The Morgan fingerprint density at radius 1 is 1.37 bits per heavy atom. The Labute approximate surface area is 121 Å². The molecule has 1 aromatic rings. The molecule has 1 saturated heterocycles. The van der Waals surface area contributed by atoms with Crippen LogP contribution in [0.3, 0.4) is 0 Å². The maximum atomic E-state index is 6.62. The molecule has 108 valence electrons. The highest BCUT2D eigenvalue weighted by atomic mass is 32.1. The molecule has 0 spiro atoms. The van der Waals surface area contributed by atoms with Gasteiger partial charge in [-0.05, 0) is 45.7 Å². The Bertz CT molecular complexity index is 392. The van der Waals surface area contributed by atoms with Crippen molar-refractivity contribution in [1.82, 2.24) is 9.88 Å². The van der Waals surface area contributed by atoms with Gasteiger partial charge in [0.05, 0.1) is 10.7 Å². The lowest BCUT2D eigenvalue weighted by atomic mass is 9.81. The van der Waals surface area contributed by atoms with Gasteiger partial charge in [0.1, 0.15) is 0 Å². The van der Waals surface area contributed by atoms with Crippen LogP contribution in [0.2, 0.25) is 0 Å². The minimum absolute atomic E-state index is 0.161. The average molecular weight is 281 g/mol. The Hall–Kier alpha value is -0.450. The Morgan fingerprint density at radius 2 is 2.00 bits per heavy atom. The van der Waals surface area contributed by atoms with E-state index in [0.29, 0.717) is 0 Å². The van der Waals surface area contributed by atoms with Gasteiger partial charge < -0.3 is 5.73 Å². The summed E-state index contributed by atoms with van der Waals surface area (Å²) in [7, 11) is 0. The van der Waals surface area contributed by atoms with E-state index in [-0.39, 0.29) is 11.6 Å². The summed E-state index contributed by atoms with van der Waals surface area (Å²) in [5, 5.41) is 3.30. The topological polar surface area (TPSA) is 42.1 Å². The molecule has 2 rings (SSSR count). The van der Waals surface area contributed by atoms with Crippen LogP contribution in [0.15, 0.2) is 5.38 Å². The van der Waals surface area contributed by atoms with Gasteiger partial charge in [0, 0.05) is 23.4 Å². The van der Waals surface area contributed by atoms with Crippen LogP contribution in [0.4, 0.5) is 0 Å². The molecule has 1 atom stereocenters. The van der Waals surface area contributed by atoms with Crippen molar-refractivity contribution < 1.29 is 0 Å².